The van der Waals surface area contributed by atoms with E-state index in [0.717, 1.165) is 23.8 Å². The fourth-order valence-corrected chi connectivity index (χ4v) is 2.39. The first-order valence-electron chi connectivity index (χ1n) is 6.25. The van der Waals surface area contributed by atoms with Gasteiger partial charge in [-0.25, -0.2) is 0 Å². The zero-order valence-corrected chi connectivity index (χ0v) is 10.00. The molecule has 0 aromatic carbocycles. The van der Waals surface area contributed by atoms with Crippen LogP contribution in [0, 0.1) is 5.92 Å². The Bertz CT molecular complexity index is 319. The maximum atomic E-state index is 4.18. The summed E-state index contributed by atoms with van der Waals surface area (Å²) in [6.07, 6.45) is 10.7. The van der Waals surface area contributed by atoms with E-state index in [1.807, 2.05) is 19.4 Å². The summed E-state index contributed by atoms with van der Waals surface area (Å²) in [5, 5.41) is 6.54. The normalized spacial score (nSPS) is 16.3. The molecule has 0 saturated heterocycles. The first-order valence-corrected chi connectivity index (χ1v) is 6.25. The van der Waals surface area contributed by atoms with Gasteiger partial charge < -0.3 is 10.6 Å². The maximum absolute atomic E-state index is 4.18. The Morgan fingerprint density at radius 1 is 1.25 bits per heavy atom. The van der Waals surface area contributed by atoms with Gasteiger partial charge in [-0.2, -0.15) is 0 Å². The molecule has 3 heteroatoms. The molecule has 0 radical (unpaired) electrons. The van der Waals surface area contributed by atoms with Gasteiger partial charge in [0, 0.05) is 13.6 Å². The van der Waals surface area contributed by atoms with Crippen LogP contribution in [-0.4, -0.2) is 18.6 Å². The van der Waals surface area contributed by atoms with Crippen LogP contribution < -0.4 is 10.6 Å². The van der Waals surface area contributed by atoms with Gasteiger partial charge >= 0.3 is 0 Å². The Labute approximate surface area is 97.7 Å². The summed E-state index contributed by atoms with van der Waals surface area (Å²) in [4.78, 5) is 4.18. The molecule has 88 valence electrons. The number of aromatic nitrogens is 1. The predicted octanol–water partition coefficient (Wildman–Crippen LogP) is 3.12. The highest BCUT2D eigenvalue weighted by atomic mass is 14.9. The van der Waals surface area contributed by atoms with Crippen molar-refractivity contribution < 1.29 is 0 Å². The molecule has 0 atom stereocenters. The first-order chi connectivity index (χ1) is 7.88. The van der Waals surface area contributed by atoms with E-state index in [1.165, 1.54) is 32.1 Å². The van der Waals surface area contributed by atoms with E-state index >= 15 is 0 Å². The molecule has 0 aliphatic heterocycles. The summed E-state index contributed by atoms with van der Waals surface area (Å²) in [7, 11) is 1.92. The van der Waals surface area contributed by atoms with Crippen LogP contribution in [-0.2, 0) is 0 Å². The van der Waals surface area contributed by atoms with E-state index in [2.05, 4.69) is 21.7 Å². The molecule has 0 bridgehead atoms. The Morgan fingerprint density at radius 2 is 2.00 bits per heavy atom. The van der Waals surface area contributed by atoms with Crippen LogP contribution in [0.2, 0.25) is 0 Å². The van der Waals surface area contributed by atoms with Gasteiger partial charge in [-0.1, -0.05) is 25.7 Å². The smallest absolute Gasteiger partial charge is 0.0547 e. The van der Waals surface area contributed by atoms with Crippen LogP contribution >= 0.6 is 0 Å². The van der Waals surface area contributed by atoms with Gasteiger partial charge in [0.2, 0.25) is 0 Å². The minimum atomic E-state index is 0.952. The first kappa shape index (κ1) is 11.2. The molecule has 1 aromatic rings. The molecular formula is C13H21N3. The lowest BCUT2D eigenvalue weighted by atomic mass is 10.0. The third kappa shape index (κ3) is 3.12. The zero-order chi connectivity index (χ0) is 11.2. The highest BCUT2D eigenvalue weighted by molar-refractivity contribution is 5.53. The minimum Gasteiger partial charge on any atom is -0.387 e. The highest BCUT2D eigenvalue weighted by Crippen LogP contribution is 2.27. The van der Waals surface area contributed by atoms with Gasteiger partial charge in [0.05, 0.1) is 23.8 Å². The van der Waals surface area contributed by atoms with Gasteiger partial charge in [-0.15, -0.1) is 0 Å². The quantitative estimate of drug-likeness (QED) is 0.799. The molecule has 1 aliphatic rings. The van der Waals surface area contributed by atoms with Crippen LogP contribution in [0.3, 0.4) is 0 Å². The molecule has 2 N–H and O–H groups in total. The fourth-order valence-electron chi connectivity index (χ4n) is 2.39. The van der Waals surface area contributed by atoms with Crippen molar-refractivity contribution in [3.05, 3.63) is 18.5 Å². The number of rotatable bonds is 5. The van der Waals surface area contributed by atoms with Crippen LogP contribution in [0.25, 0.3) is 0 Å². The van der Waals surface area contributed by atoms with Gasteiger partial charge in [0.25, 0.3) is 0 Å². The lowest BCUT2D eigenvalue weighted by Gasteiger charge is -2.11. The van der Waals surface area contributed by atoms with Crippen molar-refractivity contribution in [2.45, 2.75) is 32.1 Å². The van der Waals surface area contributed by atoms with Crippen molar-refractivity contribution in [3.8, 4) is 0 Å². The minimum absolute atomic E-state index is 0.952. The van der Waals surface area contributed by atoms with Crippen LogP contribution in [0.1, 0.15) is 32.1 Å². The van der Waals surface area contributed by atoms with E-state index in [9.17, 15) is 0 Å². The van der Waals surface area contributed by atoms with Gasteiger partial charge in [0.15, 0.2) is 0 Å². The van der Waals surface area contributed by atoms with Crippen molar-refractivity contribution in [1.29, 1.82) is 0 Å². The number of hydrogen-bond acceptors (Lipinski definition) is 3. The Kier molecular flexibility index (Phi) is 4.03. The maximum Gasteiger partial charge on any atom is 0.0547 e. The largest absolute Gasteiger partial charge is 0.387 e. The second-order valence-electron chi connectivity index (χ2n) is 4.58. The van der Waals surface area contributed by atoms with Crippen molar-refractivity contribution in [2.75, 3.05) is 24.2 Å². The molecule has 16 heavy (non-hydrogen) atoms. The SMILES string of the molecule is CNc1cncc(NCCC2CCCC2)c1. The van der Waals surface area contributed by atoms with Crippen LogP contribution in [0.15, 0.2) is 18.5 Å². The monoisotopic (exact) mass is 219 g/mol. The van der Waals surface area contributed by atoms with Crippen LogP contribution in [0.5, 0.6) is 0 Å². The van der Waals surface area contributed by atoms with Crippen molar-refractivity contribution in [2.24, 2.45) is 5.92 Å². The van der Waals surface area contributed by atoms with Crippen molar-refractivity contribution in [1.82, 2.24) is 4.98 Å². The molecule has 1 fully saturated rings. The standard InChI is InChI=1S/C13H21N3/c1-14-12-8-13(10-15-9-12)16-7-6-11-4-2-3-5-11/h8-11,14,16H,2-7H2,1H3. The molecule has 1 aliphatic carbocycles. The lowest BCUT2D eigenvalue weighted by molar-refractivity contribution is 0.518. The molecule has 0 unspecified atom stereocenters. The second-order valence-corrected chi connectivity index (χ2v) is 4.58. The Morgan fingerprint density at radius 3 is 2.75 bits per heavy atom. The molecule has 0 amide bonds. The number of nitrogens with one attached hydrogen (secondary N) is 2. The molecule has 0 spiro atoms. The highest BCUT2D eigenvalue weighted by Gasteiger charge is 2.13. The van der Waals surface area contributed by atoms with Crippen molar-refractivity contribution in [3.63, 3.8) is 0 Å². The average molecular weight is 219 g/mol. The summed E-state index contributed by atoms with van der Waals surface area (Å²) in [6.45, 7) is 1.07. The molecule has 2 rings (SSSR count). The van der Waals surface area contributed by atoms with Crippen molar-refractivity contribution >= 4 is 11.4 Å². The summed E-state index contributed by atoms with van der Waals surface area (Å²) >= 11 is 0. The van der Waals surface area contributed by atoms with Gasteiger partial charge in [0.1, 0.15) is 0 Å². The Hall–Kier alpha value is -1.25. The Balaban J connectivity index is 1.75. The summed E-state index contributed by atoms with van der Waals surface area (Å²) < 4.78 is 0. The van der Waals surface area contributed by atoms with E-state index in [1.54, 1.807) is 0 Å². The zero-order valence-electron chi connectivity index (χ0n) is 10.00. The number of anilines is 2. The number of nitrogens with zero attached hydrogens (tertiary/aromatic N) is 1. The van der Waals surface area contributed by atoms with Gasteiger partial charge in [-0.3, -0.25) is 4.98 Å². The molecule has 1 saturated carbocycles. The molecule has 3 nitrogen and oxygen atoms in total. The van der Waals surface area contributed by atoms with E-state index in [0.29, 0.717) is 0 Å². The lowest BCUT2D eigenvalue weighted by Crippen LogP contribution is -2.07. The number of pyridine rings is 1. The van der Waals surface area contributed by atoms with E-state index in [4.69, 9.17) is 0 Å². The molecule has 1 heterocycles. The summed E-state index contributed by atoms with van der Waals surface area (Å²) in [6, 6.07) is 2.10. The molecule has 1 aromatic heterocycles. The van der Waals surface area contributed by atoms with Crippen LogP contribution in [0.4, 0.5) is 11.4 Å². The summed E-state index contributed by atoms with van der Waals surface area (Å²) in [5.74, 6) is 0.952. The van der Waals surface area contributed by atoms with E-state index < -0.39 is 0 Å². The third-order valence-electron chi connectivity index (χ3n) is 3.38. The third-order valence-corrected chi connectivity index (χ3v) is 3.38. The fraction of sp³-hybridized carbons (Fsp3) is 0.615. The number of hydrogen-bond donors (Lipinski definition) is 2. The second kappa shape index (κ2) is 5.73. The predicted molar refractivity (Wildman–Crippen MR) is 68.8 cm³/mol. The van der Waals surface area contributed by atoms with Gasteiger partial charge in [-0.05, 0) is 18.4 Å². The topological polar surface area (TPSA) is 37.0 Å². The average Bonchev–Trinajstić information content (AvgIpc) is 2.82. The van der Waals surface area contributed by atoms with E-state index in [-0.39, 0.29) is 0 Å². The summed E-state index contributed by atoms with van der Waals surface area (Å²) in [5.41, 5.74) is 2.18. The molecular weight excluding hydrogens is 198 g/mol.